The molecule has 1 N–H and O–H groups in total. The van der Waals surface area contributed by atoms with Gasteiger partial charge in [0, 0.05) is 11.9 Å². The Bertz CT molecular complexity index is 325. The molecule has 0 aromatic carbocycles. The SMILES string of the molecule is CCNC1CCN(Cc2cscn2)C1=O. The second kappa shape index (κ2) is 4.72. The Labute approximate surface area is 93.3 Å². The predicted octanol–water partition coefficient (Wildman–Crippen LogP) is 0.853. The van der Waals surface area contributed by atoms with Crippen molar-refractivity contribution in [2.75, 3.05) is 13.1 Å². The lowest BCUT2D eigenvalue weighted by atomic mass is 10.2. The summed E-state index contributed by atoms with van der Waals surface area (Å²) in [5, 5.41) is 5.19. The molecule has 1 aliphatic heterocycles. The van der Waals surface area contributed by atoms with Gasteiger partial charge in [0.2, 0.25) is 5.91 Å². The van der Waals surface area contributed by atoms with Crippen LogP contribution in [0, 0.1) is 0 Å². The number of thiazole rings is 1. The zero-order chi connectivity index (χ0) is 10.7. The molecule has 0 aliphatic carbocycles. The summed E-state index contributed by atoms with van der Waals surface area (Å²) >= 11 is 1.57. The predicted molar refractivity (Wildman–Crippen MR) is 59.6 cm³/mol. The van der Waals surface area contributed by atoms with E-state index in [0.717, 1.165) is 25.2 Å². The number of hydrogen-bond donors (Lipinski definition) is 1. The van der Waals surface area contributed by atoms with Crippen molar-refractivity contribution in [3.05, 3.63) is 16.6 Å². The maximum atomic E-state index is 11.9. The summed E-state index contributed by atoms with van der Waals surface area (Å²) in [6.07, 6.45) is 0.914. The van der Waals surface area contributed by atoms with Gasteiger partial charge in [-0.15, -0.1) is 11.3 Å². The highest BCUT2D eigenvalue weighted by Crippen LogP contribution is 2.14. The number of hydrogen-bond acceptors (Lipinski definition) is 4. The summed E-state index contributed by atoms with van der Waals surface area (Å²) in [5.74, 6) is 0.213. The summed E-state index contributed by atoms with van der Waals surface area (Å²) in [7, 11) is 0. The standard InChI is InChI=1S/C10H15N3OS/c1-2-11-9-3-4-13(10(9)14)5-8-6-15-7-12-8/h6-7,9,11H,2-5H2,1H3. The molecule has 0 radical (unpaired) electrons. The summed E-state index contributed by atoms with van der Waals surface area (Å²) < 4.78 is 0. The second-order valence-electron chi connectivity index (χ2n) is 3.64. The highest BCUT2D eigenvalue weighted by atomic mass is 32.1. The maximum absolute atomic E-state index is 11.9. The maximum Gasteiger partial charge on any atom is 0.240 e. The number of amides is 1. The molecule has 1 aliphatic rings. The van der Waals surface area contributed by atoms with E-state index in [2.05, 4.69) is 10.3 Å². The minimum absolute atomic E-state index is 0.0219. The van der Waals surface area contributed by atoms with E-state index in [0.29, 0.717) is 6.54 Å². The quantitative estimate of drug-likeness (QED) is 0.826. The van der Waals surface area contributed by atoms with Crippen molar-refractivity contribution in [2.45, 2.75) is 25.9 Å². The van der Waals surface area contributed by atoms with Crippen LogP contribution in [0.15, 0.2) is 10.9 Å². The fourth-order valence-electron chi connectivity index (χ4n) is 1.84. The van der Waals surface area contributed by atoms with Crippen LogP contribution >= 0.6 is 11.3 Å². The smallest absolute Gasteiger partial charge is 0.240 e. The number of nitrogens with one attached hydrogen (secondary N) is 1. The molecule has 1 unspecified atom stereocenters. The normalized spacial score (nSPS) is 21.3. The Morgan fingerprint density at radius 2 is 2.60 bits per heavy atom. The van der Waals surface area contributed by atoms with Crippen LogP contribution in [0.2, 0.25) is 0 Å². The molecule has 0 bridgehead atoms. The van der Waals surface area contributed by atoms with E-state index in [4.69, 9.17) is 0 Å². The molecule has 15 heavy (non-hydrogen) atoms. The molecule has 0 spiro atoms. The van der Waals surface area contributed by atoms with E-state index in [9.17, 15) is 4.79 Å². The van der Waals surface area contributed by atoms with Gasteiger partial charge in [-0.05, 0) is 13.0 Å². The zero-order valence-corrected chi connectivity index (χ0v) is 9.59. The molecule has 0 saturated carbocycles. The molecular weight excluding hydrogens is 210 g/mol. The average Bonchev–Trinajstić information content (AvgIpc) is 2.83. The number of likely N-dealkylation sites (N-methyl/N-ethyl adjacent to an activating group) is 1. The Morgan fingerprint density at radius 3 is 3.27 bits per heavy atom. The number of likely N-dealkylation sites (tertiary alicyclic amines) is 1. The lowest BCUT2D eigenvalue weighted by molar-refractivity contribution is -0.129. The van der Waals surface area contributed by atoms with Gasteiger partial charge in [-0.2, -0.15) is 0 Å². The summed E-state index contributed by atoms with van der Waals surface area (Å²) in [5.41, 5.74) is 2.79. The first-order valence-electron chi connectivity index (χ1n) is 5.20. The van der Waals surface area contributed by atoms with Gasteiger partial charge < -0.3 is 10.2 Å². The van der Waals surface area contributed by atoms with Crippen LogP contribution in [-0.2, 0) is 11.3 Å². The first kappa shape index (κ1) is 10.6. The van der Waals surface area contributed by atoms with Crippen molar-refractivity contribution in [1.29, 1.82) is 0 Å². The molecule has 1 fully saturated rings. The molecule has 5 heteroatoms. The Morgan fingerprint density at radius 1 is 1.73 bits per heavy atom. The van der Waals surface area contributed by atoms with E-state index in [1.807, 2.05) is 17.2 Å². The third kappa shape index (κ3) is 2.35. The summed E-state index contributed by atoms with van der Waals surface area (Å²) in [6, 6.07) is 0.0219. The van der Waals surface area contributed by atoms with Crippen molar-refractivity contribution in [1.82, 2.24) is 15.2 Å². The minimum atomic E-state index is 0.0219. The molecule has 1 atom stereocenters. The van der Waals surface area contributed by atoms with E-state index in [1.165, 1.54) is 0 Å². The van der Waals surface area contributed by atoms with Crippen molar-refractivity contribution >= 4 is 17.2 Å². The minimum Gasteiger partial charge on any atom is -0.335 e. The second-order valence-corrected chi connectivity index (χ2v) is 4.36. The lowest BCUT2D eigenvalue weighted by Crippen LogP contribution is -2.37. The van der Waals surface area contributed by atoms with Gasteiger partial charge in [-0.1, -0.05) is 6.92 Å². The van der Waals surface area contributed by atoms with Gasteiger partial charge in [0.1, 0.15) is 0 Å². The van der Waals surface area contributed by atoms with Crippen LogP contribution in [-0.4, -0.2) is 34.9 Å². The van der Waals surface area contributed by atoms with Crippen molar-refractivity contribution in [2.24, 2.45) is 0 Å². The van der Waals surface area contributed by atoms with Crippen LogP contribution < -0.4 is 5.32 Å². The largest absolute Gasteiger partial charge is 0.335 e. The molecule has 2 rings (SSSR count). The van der Waals surface area contributed by atoms with Gasteiger partial charge in [0.15, 0.2) is 0 Å². The first-order chi connectivity index (χ1) is 7.31. The van der Waals surface area contributed by atoms with E-state index >= 15 is 0 Å². The summed E-state index contributed by atoms with van der Waals surface area (Å²) in [4.78, 5) is 17.9. The number of aromatic nitrogens is 1. The highest BCUT2D eigenvalue weighted by Gasteiger charge is 2.30. The number of carbonyl (C=O) groups is 1. The number of nitrogens with zero attached hydrogens (tertiary/aromatic N) is 2. The number of rotatable bonds is 4. The Hall–Kier alpha value is -0.940. The first-order valence-corrected chi connectivity index (χ1v) is 6.14. The topological polar surface area (TPSA) is 45.2 Å². The number of carbonyl (C=O) groups excluding carboxylic acids is 1. The van der Waals surface area contributed by atoms with Crippen LogP contribution in [0.25, 0.3) is 0 Å². The van der Waals surface area contributed by atoms with E-state index in [-0.39, 0.29) is 11.9 Å². The fourth-order valence-corrected chi connectivity index (χ4v) is 2.39. The van der Waals surface area contributed by atoms with Crippen molar-refractivity contribution < 1.29 is 4.79 Å². The molecule has 82 valence electrons. The zero-order valence-electron chi connectivity index (χ0n) is 8.77. The fraction of sp³-hybridized carbons (Fsp3) is 0.600. The molecule has 4 nitrogen and oxygen atoms in total. The Kier molecular flexibility index (Phi) is 3.33. The van der Waals surface area contributed by atoms with Gasteiger partial charge in [0.05, 0.1) is 23.8 Å². The van der Waals surface area contributed by atoms with Crippen LogP contribution in [0.4, 0.5) is 0 Å². The molecule has 1 aromatic heterocycles. The lowest BCUT2D eigenvalue weighted by Gasteiger charge is -2.15. The molecule has 1 amide bonds. The average molecular weight is 225 g/mol. The third-order valence-corrected chi connectivity index (χ3v) is 3.22. The monoisotopic (exact) mass is 225 g/mol. The molecular formula is C10H15N3OS. The van der Waals surface area contributed by atoms with Crippen LogP contribution in [0.1, 0.15) is 19.0 Å². The van der Waals surface area contributed by atoms with Crippen molar-refractivity contribution in [3.8, 4) is 0 Å². The molecule has 2 heterocycles. The highest BCUT2D eigenvalue weighted by molar-refractivity contribution is 7.07. The van der Waals surface area contributed by atoms with E-state index in [1.54, 1.807) is 16.8 Å². The van der Waals surface area contributed by atoms with Gasteiger partial charge in [0.25, 0.3) is 0 Å². The van der Waals surface area contributed by atoms with Crippen molar-refractivity contribution in [3.63, 3.8) is 0 Å². The molecule has 1 saturated heterocycles. The van der Waals surface area contributed by atoms with E-state index < -0.39 is 0 Å². The van der Waals surface area contributed by atoms with Gasteiger partial charge in [-0.3, -0.25) is 4.79 Å². The molecule has 1 aromatic rings. The van der Waals surface area contributed by atoms with Crippen LogP contribution in [0.3, 0.4) is 0 Å². The summed E-state index contributed by atoms with van der Waals surface area (Å²) in [6.45, 7) is 4.37. The van der Waals surface area contributed by atoms with Gasteiger partial charge in [-0.25, -0.2) is 4.98 Å². The Balaban J connectivity index is 1.93. The van der Waals surface area contributed by atoms with Gasteiger partial charge >= 0.3 is 0 Å². The third-order valence-electron chi connectivity index (χ3n) is 2.58. The van der Waals surface area contributed by atoms with Crippen LogP contribution in [0.5, 0.6) is 0 Å².